The Labute approximate surface area is 120 Å². The number of carbonyl (C=O) groups is 1. The summed E-state index contributed by atoms with van der Waals surface area (Å²) in [5.41, 5.74) is 1.04. The second-order valence-electron chi connectivity index (χ2n) is 4.67. The fourth-order valence-corrected chi connectivity index (χ4v) is 2.10. The summed E-state index contributed by atoms with van der Waals surface area (Å²) in [6.07, 6.45) is 3.37. The van der Waals surface area contributed by atoms with Gasteiger partial charge in [-0.25, -0.2) is 4.39 Å². The van der Waals surface area contributed by atoms with Gasteiger partial charge < -0.3 is 9.64 Å². The fraction of sp³-hybridized carbons (Fsp3) is 0.562. The first-order valence-corrected chi connectivity index (χ1v) is 7.33. The molecule has 0 aromatic heterocycles. The van der Waals surface area contributed by atoms with Crippen molar-refractivity contribution in [1.29, 1.82) is 0 Å². The third-order valence-electron chi connectivity index (χ3n) is 3.19. The zero-order chi connectivity index (χ0) is 14.8. The van der Waals surface area contributed by atoms with E-state index in [1.54, 1.807) is 12.1 Å². The molecule has 3 nitrogen and oxygen atoms in total. The SMILES string of the molecule is CCOC(=O)CCCCCN(CC)c1ccc(F)cc1. The predicted octanol–water partition coefficient (Wildman–Crippen LogP) is 3.78. The molecule has 0 saturated heterocycles. The van der Waals surface area contributed by atoms with Crippen LogP contribution in [0.2, 0.25) is 0 Å². The second kappa shape index (κ2) is 9.34. The molecule has 0 aliphatic heterocycles. The smallest absolute Gasteiger partial charge is 0.305 e. The molecule has 0 saturated carbocycles. The predicted molar refractivity (Wildman–Crippen MR) is 79.4 cm³/mol. The Morgan fingerprint density at radius 3 is 2.45 bits per heavy atom. The molecule has 20 heavy (non-hydrogen) atoms. The van der Waals surface area contributed by atoms with E-state index in [-0.39, 0.29) is 11.8 Å². The maximum absolute atomic E-state index is 12.9. The molecule has 112 valence electrons. The van der Waals surface area contributed by atoms with Crippen molar-refractivity contribution in [3.05, 3.63) is 30.1 Å². The quantitative estimate of drug-likeness (QED) is 0.509. The van der Waals surface area contributed by atoms with Crippen molar-refractivity contribution in [2.24, 2.45) is 0 Å². The molecule has 1 aromatic rings. The minimum atomic E-state index is -0.209. The van der Waals surface area contributed by atoms with Crippen molar-refractivity contribution in [1.82, 2.24) is 0 Å². The first kappa shape index (κ1) is 16.5. The molecular weight excluding hydrogens is 257 g/mol. The molecule has 0 radical (unpaired) electrons. The lowest BCUT2D eigenvalue weighted by Crippen LogP contribution is -2.23. The van der Waals surface area contributed by atoms with Gasteiger partial charge >= 0.3 is 5.97 Å². The first-order valence-electron chi connectivity index (χ1n) is 7.33. The molecule has 0 aliphatic carbocycles. The van der Waals surface area contributed by atoms with Gasteiger partial charge in [-0.3, -0.25) is 4.79 Å². The third kappa shape index (κ3) is 6.04. The summed E-state index contributed by atoms with van der Waals surface area (Å²) in [4.78, 5) is 13.4. The number of halogens is 1. The van der Waals surface area contributed by atoms with Crippen molar-refractivity contribution < 1.29 is 13.9 Å². The van der Waals surface area contributed by atoms with Crippen LogP contribution in [0.1, 0.15) is 39.5 Å². The minimum absolute atomic E-state index is 0.113. The van der Waals surface area contributed by atoms with Gasteiger partial charge in [-0.15, -0.1) is 0 Å². The molecule has 1 aromatic carbocycles. The topological polar surface area (TPSA) is 29.5 Å². The Bertz CT molecular complexity index is 392. The van der Waals surface area contributed by atoms with E-state index in [4.69, 9.17) is 4.74 Å². The van der Waals surface area contributed by atoms with Gasteiger partial charge in [0.05, 0.1) is 6.61 Å². The molecular formula is C16H24FNO2. The van der Waals surface area contributed by atoms with Crippen LogP contribution in [0, 0.1) is 5.82 Å². The lowest BCUT2D eigenvalue weighted by Gasteiger charge is -2.23. The van der Waals surface area contributed by atoms with Gasteiger partial charge in [0, 0.05) is 25.2 Å². The van der Waals surface area contributed by atoms with E-state index in [2.05, 4.69) is 11.8 Å². The molecule has 0 unspecified atom stereocenters. The van der Waals surface area contributed by atoms with E-state index in [9.17, 15) is 9.18 Å². The number of hydrogen-bond acceptors (Lipinski definition) is 3. The molecule has 0 atom stereocenters. The van der Waals surface area contributed by atoms with Crippen LogP contribution < -0.4 is 4.90 Å². The molecule has 4 heteroatoms. The van der Waals surface area contributed by atoms with Crippen LogP contribution in [0.15, 0.2) is 24.3 Å². The highest BCUT2D eigenvalue weighted by molar-refractivity contribution is 5.69. The summed E-state index contributed by atoms with van der Waals surface area (Å²) in [6.45, 7) is 6.17. The number of rotatable bonds is 9. The van der Waals surface area contributed by atoms with E-state index >= 15 is 0 Å². The molecule has 0 heterocycles. The van der Waals surface area contributed by atoms with E-state index in [1.165, 1.54) is 12.1 Å². The van der Waals surface area contributed by atoms with E-state index in [0.29, 0.717) is 13.0 Å². The molecule has 0 N–H and O–H groups in total. The van der Waals surface area contributed by atoms with Gasteiger partial charge in [-0.05, 0) is 51.0 Å². The molecule has 0 aliphatic rings. The third-order valence-corrected chi connectivity index (χ3v) is 3.19. The van der Waals surface area contributed by atoms with Crippen LogP contribution in [0.5, 0.6) is 0 Å². The number of unbranched alkanes of at least 4 members (excludes halogenated alkanes) is 2. The van der Waals surface area contributed by atoms with Crippen LogP contribution in [0.3, 0.4) is 0 Å². The van der Waals surface area contributed by atoms with Crippen molar-refractivity contribution in [2.75, 3.05) is 24.6 Å². The number of anilines is 1. The average molecular weight is 281 g/mol. The van der Waals surface area contributed by atoms with E-state index in [0.717, 1.165) is 38.0 Å². The summed E-state index contributed by atoms with van der Waals surface area (Å²) >= 11 is 0. The van der Waals surface area contributed by atoms with Crippen LogP contribution in [0.4, 0.5) is 10.1 Å². The molecule has 0 fully saturated rings. The van der Waals surface area contributed by atoms with Gasteiger partial charge in [0.25, 0.3) is 0 Å². The van der Waals surface area contributed by atoms with Crippen molar-refractivity contribution >= 4 is 11.7 Å². The summed E-state index contributed by atoms with van der Waals surface area (Å²) in [5.74, 6) is -0.322. The van der Waals surface area contributed by atoms with Crippen LogP contribution in [-0.4, -0.2) is 25.7 Å². The highest BCUT2D eigenvalue weighted by Gasteiger charge is 2.05. The first-order chi connectivity index (χ1) is 9.67. The maximum Gasteiger partial charge on any atom is 0.305 e. The van der Waals surface area contributed by atoms with Crippen molar-refractivity contribution in [3.8, 4) is 0 Å². The van der Waals surface area contributed by atoms with Gasteiger partial charge in [0.1, 0.15) is 5.82 Å². The zero-order valence-electron chi connectivity index (χ0n) is 12.4. The molecule has 0 bridgehead atoms. The van der Waals surface area contributed by atoms with Crippen molar-refractivity contribution in [3.63, 3.8) is 0 Å². The molecule has 1 rings (SSSR count). The largest absolute Gasteiger partial charge is 0.466 e. The Balaban J connectivity index is 2.25. The normalized spacial score (nSPS) is 10.3. The lowest BCUT2D eigenvalue weighted by atomic mass is 10.2. The van der Waals surface area contributed by atoms with Gasteiger partial charge in [0.2, 0.25) is 0 Å². The van der Waals surface area contributed by atoms with Gasteiger partial charge in [-0.2, -0.15) is 0 Å². The highest BCUT2D eigenvalue weighted by Crippen LogP contribution is 2.15. The zero-order valence-corrected chi connectivity index (χ0v) is 12.4. The minimum Gasteiger partial charge on any atom is -0.466 e. The maximum atomic E-state index is 12.9. The number of ether oxygens (including phenoxy) is 1. The molecule has 0 spiro atoms. The standard InChI is InChI=1S/C16H24FNO2/c1-3-18(15-11-9-14(17)10-12-15)13-7-5-6-8-16(19)20-4-2/h9-12H,3-8,13H2,1-2H3. The van der Waals surface area contributed by atoms with Gasteiger partial charge in [-0.1, -0.05) is 6.42 Å². The van der Waals surface area contributed by atoms with Crippen LogP contribution in [-0.2, 0) is 9.53 Å². The Hall–Kier alpha value is -1.58. The van der Waals surface area contributed by atoms with E-state index < -0.39 is 0 Å². The summed E-state index contributed by atoms with van der Waals surface area (Å²) in [5, 5.41) is 0. The Morgan fingerprint density at radius 1 is 1.15 bits per heavy atom. The van der Waals surface area contributed by atoms with Crippen LogP contribution >= 0.6 is 0 Å². The van der Waals surface area contributed by atoms with Gasteiger partial charge in [0.15, 0.2) is 0 Å². The van der Waals surface area contributed by atoms with Crippen molar-refractivity contribution in [2.45, 2.75) is 39.5 Å². The second-order valence-corrected chi connectivity index (χ2v) is 4.67. The van der Waals surface area contributed by atoms with E-state index in [1.807, 2.05) is 6.92 Å². The summed E-state index contributed by atoms with van der Waals surface area (Å²) in [6, 6.07) is 6.58. The van der Waals surface area contributed by atoms with Crippen LogP contribution in [0.25, 0.3) is 0 Å². The number of benzene rings is 1. The number of hydrogen-bond donors (Lipinski definition) is 0. The number of nitrogens with zero attached hydrogens (tertiary/aromatic N) is 1. The highest BCUT2D eigenvalue weighted by atomic mass is 19.1. The summed E-state index contributed by atoms with van der Waals surface area (Å²) < 4.78 is 17.8. The number of esters is 1. The molecule has 0 amide bonds. The monoisotopic (exact) mass is 281 g/mol. The Kier molecular flexibility index (Phi) is 7.70. The number of carbonyl (C=O) groups excluding carboxylic acids is 1. The Morgan fingerprint density at radius 2 is 1.85 bits per heavy atom. The fourth-order valence-electron chi connectivity index (χ4n) is 2.10. The lowest BCUT2D eigenvalue weighted by molar-refractivity contribution is -0.143. The summed E-state index contributed by atoms with van der Waals surface area (Å²) in [7, 11) is 0. The average Bonchev–Trinajstić information content (AvgIpc) is 2.44.